The van der Waals surface area contributed by atoms with Gasteiger partial charge in [0, 0.05) is 17.5 Å². The van der Waals surface area contributed by atoms with Crippen LogP contribution in [0.15, 0.2) is 33.5 Å². The van der Waals surface area contributed by atoms with Crippen molar-refractivity contribution in [2.75, 3.05) is 13.7 Å². The standard InChI is InChI=1S/C28H38O17/c1-9-17(30)20(33)23(36)26(40-9)39-8-15-19(32)22(35)25(45-27-24(37)21(34)18(31)10(2)41-27)28(44-15)43-14-7-12-11(6-13(14)38-3)4-5-16(29)42-12/h4-7,9-10,15,17-28,30-37H,8H2,1-3H3/t9-,10-,15+,17-,18-,19+,20+,21+,22-,23+,24+,25+,26-,27-,28+/m0/s1. The average molecular weight is 647 g/mol. The molecule has 1 aromatic heterocycles. The Morgan fingerprint density at radius 3 is 1.96 bits per heavy atom. The Labute approximate surface area is 255 Å². The van der Waals surface area contributed by atoms with Gasteiger partial charge in [-0.2, -0.15) is 0 Å². The number of fused-ring (bicyclic) bond motifs is 1. The van der Waals surface area contributed by atoms with Crippen molar-refractivity contribution in [3.63, 3.8) is 0 Å². The summed E-state index contributed by atoms with van der Waals surface area (Å²) in [5, 5.41) is 83.9. The van der Waals surface area contributed by atoms with Crippen LogP contribution < -0.4 is 15.1 Å². The van der Waals surface area contributed by atoms with E-state index < -0.39 is 104 Å². The summed E-state index contributed by atoms with van der Waals surface area (Å²) in [6.45, 7) is 2.35. The molecule has 45 heavy (non-hydrogen) atoms. The molecule has 0 radical (unpaired) electrons. The molecule has 0 bridgehead atoms. The van der Waals surface area contributed by atoms with Gasteiger partial charge in [-0.1, -0.05) is 0 Å². The minimum Gasteiger partial charge on any atom is -0.493 e. The lowest BCUT2D eigenvalue weighted by Crippen LogP contribution is -2.65. The fourth-order valence-electron chi connectivity index (χ4n) is 5.36. The molecule has 0 amide bonds. The first-order chi connectivity index (χ1) is 21.3. The average Bonchev–Trinajstić information content (AvgIpc) is 3.02. The first kappa shape index (κ1) is 33.9. The van der Waals surface area contributed by atoms with Crippen LogP contribution in [0.25, 0.3) is 11.0 Å². The largest absolute Gasteiger partial charge is 0.493 e. The third-order valence-electron chi connectivity index (χ3n) is 8.13. The highest BCUT2D eigenvalue weighted by atomic mass is 16.8. The molecular weight excluding hydrogens is 608 g/mol. The minimum absolute atomic E-state index is 0.0490. The van der Waals surface area contributed by atoms with Crippen LogP contribution in [0.5, 0.6) is 11.5 Å². The molecule has 5 rings (SSSR count). The first-order valence-electron chi connectivity index (χ1n) is 14.3. The van der Waals surface area contributed by atoms with Crippen molar-refractivity contribution in [2.45, 2.75) is 106 Å². The van der Waals surface area contributed by atoms with E-state index in [1.54, 1.807) is 0 Å². The maximum absolute atomic E-state index is 11.8. The molecule has 3 fully saturated rings. The quantitative estimate of drug-likeness (QED) is 0.131. The molecule has 3 aliphatic rings. The molecule has 0 aliphatic carbocycles. The van der Waals surface area contributed by atoms with E-state index in [4.69, 9.17) is 37.6 Å². The van der Waals surface area contributed by atoms with Crippen molar-refractivity contribution in [3.8, 4) is 11.5 Å². The zero-order valence-corrected chi connectivity index (χ0v) is 24.4. The van der Waals surface area contributed by atoms with Gasteiger partial charge in [0.25, 0.3) is 0 Å². The number of aliphatic hydroxyl groups is 8. The number of rotatable bonds is 8. The van der Waals surface area contributed by atoms with E-state index >= 15 is 0 Å². The van der Waals surface area contributed by atoms with Crippen LogP contribution in [0, 0.1) is 0 Å². The zero-order valence-electron chi connectivity index (χ0n) is 24.4. The molecular formula is C28H38O17. The lowest BCUT2D eigenvalue weighted by atomic mass is 9.97. The van der Waals surface area contributed by atoms with E-state index in [0.717, 1.165) is 0 Å². The Bertz CT molecular complexity index is 1350. The second-order valence-corrected chi connectivity index (χ2v) is 11.2. The fourth-order valence-corrected chi connectivity index (χ4v) is 5.36. The highest BCUT2D eigenvalue weighted by molar-refractivity contribution is 5.80. The van der Waals surface area contributed by atoms with Crippen LogP contribution >= 0.6 is 0 Å². The van der Waals surface area contributed by atoms with E-state index in [-0.39, 0.29) is 17.1 Å². The molecule has 3 aliphatic heterocycles. The molecule has 252 valence electrons. The van der Waals surface area contributed by atoms with Gasteiger partial charge in [-0.15, -0.1) is 0 Å². The van der Waals surface area contributed by atoms with Crippen LogP contribution in [0.1, 0.15) is 13.8 Å². The highest BCUT2D eigenvalue weighted by Gasteiger charge is 2.52. The smallest absolute Gasteiger partial charge is 0.336 e. The summed E-state index contributed by atoms with van der Waals surface area (Å²) >= 11 is 0. The predicted molar refractivity (Wildman–Crippen MR) is 146 cm³/mol. The normalized spacial score (nSPS) is 42.4. The van der Waals surface area contributed by atoms with Crippen molar-refractivity contribution in [1.29, 1.82) is 0 Å². The summed E-state index contributed by atoms with van der Waals surface area (Å²) in [6, 6.07) is 5.56. The number of ether oxygens (including phenoxy) is 7. The highest BCUT2D eigenvalue weighted by Crippen LogP contribution is 2.36. The summed E-state index contributed by atoms with van der Waals surface area (Å²) in [6.07, 6.45) is -22.7. The van der Waals surface area contributed by atoms with E-state index in [1.165, 1.54) is 45.2 Å². The molecule has 17 nitrogen and oxygen atoms in total. The number of aliphatic hydroxyl groups excluding tert-OH is 8. The maximum Gasteiger partial charge on any atom is 0.336 e. The first-order valence-corrected chi connectivity index (χ1v) is 14.3. The Morgan fingerprint density at radius 2 is 1.31 bits per heavy atom. The monoisotopic (exact) mass is 646 g/mol. The van der Waals surface area contributed by atoms with Gasteiger partial charge in [-0.3, -0.25) is 0 Å². The molecule has 8 N–H and O–H groups in total. The summed E-state index contributed by atoms with van der Waals surface area (Å²) < 4.78 is 44.9. The van der Waals surface area contributed by atoms with Gasteiger partial charge in [-0.05, 0) is 26.0 Å². The minimum atomic E-state index is -1.82. The molecule has 17 heteroatoms. The second-order valence-electron chi connectivity index (χ2n) is 11.2. The Kier molecular flexibility index (Phi) is 10.3. The topological polar surface area (TPSA) is 257 Å². The van der Waals surface area contributed by atoms with Gasteiger partial charge < -0.3 is 78.4 Å². The number of hydrogen-bond acceptors (Lipinski definition) is 17. The van der Waals surface area contributed by atoms with Gasteiger partial charge in [-0.25, -0.2) is 4.79 Å². The fraction of sp³-hybridized carbons (Fsp3) is 0.679. The third-order valence-corrected chi connectivity index (χ3v) is 8.13. The SMILES string of the molecule is COc1cc2ccc(=O)oc2cc1O[C@@H]1O[C@H](CO[C@H]2O[C@@H](C)[C@H](O)[C@@H](O)[C@H]2O)[C@@H](O)[C@H](O)[C@H]1O[C@@H]1O[C@@H](C)[C@H](O)[C@@H](O)[C@H]1O. The van der Waals surface area contributed by atoms with Gasteiger partial charge in [0.05, 0.1) is 25.9 Å². The number of methoxy groups -OCH3 is 1. The summed E-state index contributed by atoms with van der Waals surface area (Å²) in [5.41, 5.74) is -0.524. The van der Waals surface area contributed by atoms with E-state index in [9.17, 15) is 45.6 Å². The van der Waals surface area contributed by atoms with Gasteiger partial charge in [0.15, 0.2) is 30.2 Å². The molecule has 15 atom stereocenters. The molecule has 0 saturated carbocycles. The van der Waals surface area contributed by atoms with Crippen LogP contribution in [-0.4, -0.2) is 147 Å². The van der Waals surface area contributed by atoms with Crippen molar-refractivity contribution in [1.82, 2.24) is 0 Å². The molecule has 4 heterocycles. The van der Waals surface area contributed by atoms with E-state index in [0.29, 0.717) is 5.39 Å². The lowest BCUT2D eigenvalue weighted by molar-refractivity contribution is -0.360. The summed E-state index contributed by atoms with van der Waals surface area (Å²) in [7, 11) is 1.35. The van der Waals surface area contributed by atoms with Crippen LogP contribution in [-0.2, 0) is 23.7 Å². The Morgan fingerprint density at radius 1 is 0.689 bits per heavy atom. The number of hydrogen-bond donors (Lipinski definition) is 8. The number of benzene rings is 1. The molecule has 0 unspecified atom stereocenters. The van der Waals surface area contributed by atoms with Crippen molar-refractivity contribution < 1.29 is 78.4 Å². The third kappa shape index (κ3) is 6.82. The van der Waals surface area contributed by atoms with E-state index in [2.05, 4.69) is 0 Å². The molecule has 0 spiro atoms. The zero-order chi connectivity index (χ0) is 32.7. The Hall–Kier alpha value is -2.49. The predicted octanol–water partition coefficient (Wildman–Crippen LogP) is -3.32. The second kappa shape index (κ2) is 13.7. The van der Waals surface area contributed by atoms with Gasteiger partial charge >= 0.3 is 5.63 Å². The van der Waals surface area contributed by atoms with Crippen LogP contribution in [0.2, 0.25) is 0 Å². The maximum atomic E-state index is 11.8. The van der Waals surface area contributed by atoms with Crippen molar-refractivity contribution in [3.05, 3.63) is 34.7 Å². The van der Waals surface area contributed by atoms with Crippen LogP contribution in [0.4, 0.5) is 0 Å². The molecule has 1 aromatic carbocycles. The van der Waals surface area contributed by atoms with E-state index in [1.807, 2.05) is 0 Å². The van der Waals surface area contributed by atoms with Crippen LogP contribution in [0.3, 0.4) is 0 Å². The lowest BCUT2D eigenvalue weighted by Gasteiger charge is -2.46. The summed E-state index contributed by atoms with van der Waals surface area (Å²) in [4.78, 5) is 11.8. The summed E-state index contributed by atoms with van der Waals surface area (Å²) in [5.74, 6) is 0.0978. The van der Waals surface area contributed by atoms with Crippen molar-refractivity contribution >= 4 is 11.0 Å². The van der Waals surface area contributed by atoms with Gasteiger partial charge in [0.1, 0.15) is 60.5 Å². The Balaban J connectivity index is 1.42. The van der Waals surface area contributed by atoms with Gasteiger partial charge in [0.2, 0.25) is 6.29 Å². The van der Waals surface area contributed by atoms with Crippen molar-refractivity contribution in [2.24, 2.45) is 0 Å². The molecule has 2 aromatic rings. The molecule has 3 saturated heterocycles.